The van der Waals surface area contributed by atoms with Crippen LogP contribution < -0.4 is 0 Å². The van der Waals surface area contributed by atoms with Crippen molar-refractivity contribution in [2.75, 3.05) is 0 Å². The van der Waals surface area contributed by atoms with Gasteiger partial charge in [0.1, 0.15) is 0 Å². The molecule has 0 amide bonds. The van der Waals surface area contributed by atoms with Crippen molar-refractivity contribution in [3.05, 3.63) is 70.7 Å². The number of alkyl halides is 1. The Morgan fingerprint density at radius 1 is 0.952 bits per heavy atom. The third kappa shape index (κ3) is 3.90. The zero-order valence-electron chi connectivity index (χ0n) is 12.0. The fourth-order valence-electron chi connectivity index (χ4n) is 3.39. The van der Waals surface area contributed by atoms with Gasteiger partial charge in [-0.15, -0.1) is 0 Å². The molecule has 0 radical (unpaired) electrons. The van der Waals surface area contributed by atoms with E-state index in [-0.39, 0.29) is 0 Å². The number of hydrogen-bond acceptors (Lipinski definition) is 0. The molecule has 1 fully saturated rings. The minimum absolute atomic E-state index is 0.633. The van der Waals surface area contributed by atoms with Gasteiger partial charge in [0.15, 0.2) is 0 Å². The van der Waals surface area contributed by atoms with Crippen molar-refractivity contribution in [3.63, 3.8) is 0 Å². The molecule has 3 unspecified atom stereocenters. The fourth-order valence-corrected chi connectivity index (χ4v) is 4.18. The summed E-state index contributed by atoms with van der Waals surface area (Å²) in [7, 11) is 0. The predicted molar refractivity (Wildman–Crippen MR) is 94.4 cm³/mol. The van der Waals surface area contributed by atoms with E-state index in [9.17, 15) is 0 Å². The number of rotatable bonds is 3. The molecule has 1 aliphatic carbocycles. The summed E-state index contributed by atoms with van der Waals surface area (Å²) < 4.78 is 0. The first kappa shape index (κ1) is 15.1. The van der Waals surface area contributed by atoms with Gasteiger partial charge in [-0.1, -0.05) is 70.0 Å². The normalized spacial score (nSPS) is 25.7. The van der Waals surface area contributed by atoms with E-state index in [0.29, 0.717) is 16.7 Å². The summed E-state index contributed by atoms with van der Waals surface area (Å²) in [6.07, 6.45) is 4.95. The van der Waals surface area contributed by atoms with E-state index in [0.717, 1.165) is 11.4 Å². The van der Waals surface area contributed by atoms with Gasteiger partial charge < -0.3 is 0 Å². The van der Waals surface area contributed by atoms with E-state index in [4.69, 9.17) is 11.6 Å². The van der Waals surface area contributed by atoms with Gasteiger partial charge in [0, 0.05) is 9.85 Å². The molecule has 0 aliphatic heterocycles. The van der Waals surface area contributed by atoms with E-state index in [2.05, 4.69) is 58.4 Å². The highest BCUT2D eigenvalue weighted by Gasteiger charge is 2.29. The molecule has 3 atom stereocenters. The molecule has 110 valence electrons. The van der Waals surface area contributed by atoms with Gasteiger partial charge in [0.05, 0.1) is 0 Å². The molecule has 0 aromatic heterocycles. The van der Waals surface area contributed by atoms with Gasteiger partial charge in [-0.2, -0.15) is 0 Å². The maximum atomic E-state index is 5.98. The second kappa shape index (κ2) is 6.98. The van der Waals surface area contributed by atoms with Crippen LogP contribution in [0, 0.1) is 5.92 Å². The summed E-state index contributed by atoms with van der Waals surface area (Å²) in [4.78, 5) is 0.633. The van der Waals surface area contributed by atoms with Crippen molar-refractivity contribution < 1.29 is 0 Å². The number of halogens is 2. The van der Waals surface area contributed by atoms with Crippen molar-refractivity contribution in [3.8, 4) is 0 Å². The molecule has 0 nitrogen and oxygen atoms in total. The van der Waals surface area contributed by atoms with Crippen molar-refractivity contribution in [2.45, 2.75) is 36.4 Å². The molecule has 1 saturated carbocycles. The van der Waals surface area contributed by atoms with Crippen LogP contribution in [0.1, 0.15) is 36.3 Å². The van der Waals surface area contributed by atoms with Crippen molar-refractivity contribution in [2.24, 2.45) is 5.92 Å². The Hall–Kier alpha value is -0.790. The average molecular weight is 364 g/mol. The van der Waals surface area contributed by atoms with Crippen LogP contribution in [0.2, 0.25) is 5.02 Å². The van der Waals surface area contributed by atoms with Crippen LogP contribution >= 0.6 is 27.5 Å². The lowest BCUT2D eigenvalue weighted by Gasteiger charge is -2.33. The van der Waals surface area contributed by atoms with Crippen LogP contribution in [-0.2, 0) is 6.42 Å². The van der Waals surface area contributed by atoms with Crippen molar-refractivity contribution in [1.82, 2.24) is 0 Å². The molecule has 2 aromatic rings. The molecule has 2 aromatic carbocycles. The summed E-state index contributed by atoms with van der Waals surface area (Å²) in [5, 5.41) is 0.819. The molecule has 3 rings (SSSR count). The van der Waals surface area contributed by atoms with Gasteiger partial charge in [-0.3, -0.25) is 0 Å². The standard InChI is InChI=1S/C19H20BrCl/c20-19-11-8-16(15-4-2-1-3-5-15)13-17(19)12-14-6-9-18(21)10-7-14/h1-7,9-10,16-17,19H,8,11-13H2. The van der Waals surface area contributed by atoms with Crippen LogP contribution in [-0.4, -0.2) is 4.83 Å². The highest BCUT2D eigenvalue weighted by Crippen LogP contribution is 2.40. The summed E-state index contributed by atoms with van der Waals surface area (Å²) in [6.45, 7) is 0. The Labute approximate surface area is 140 Å². The molecule has 21 heavy (non-hydrogen) atoms. The van der Waals surface area contributed by atoms with Crippen LogP contribution in [0.5, 0.6) is 0 Å². The molecule has 0 heterocycles. The molecular weight excluding hydrogens is 344 g/mol. The van der Waals surface area contributed by atoms with E-state index >= 15 is 0 Å². The largest absolute Gasteiger partial charge is 0.0888 e. The fraction of sp³-hybridized carbons (Fsp3) is 0.368. The second-order valence-corrected chi connectivity index (χ2v) is 7.64. The molecule has 0 N–H and O–H groups in total. The molecular formula is C19H20BrCl. The van der Waals surface area contributed by atoms with Crippen LogP contribution in [0.4, 0.5) is 0 Å². The van der Waals surface area contributed by atoms with Gasteiger partial charge in [0.2, 0.25) is 0 Å². The summed E-state index contributed by atoms with van der Waals surface area (Å²) in [5.74, 6) is 1.41. The Balaban J connectivity index is 1.70. The first-order valence-corrected chi connectivity index (χ1v) is 8.95. The first-order chi connectivity index (χ1) is 10.2. The Kier molecular flexibility index (Phi) is 5.03. The van der Waals surface area contributed by atoms with Gasteiger partial charge in [0.25, 0.3) is 0 Å². The monoisotopic (exact) mass is 362 g/mol. The summed E-state index contributed by atoms with van der Waals surface area (Å²) >= 11 is 9.88. The van der Waals surface area contributed by atoms with E-state index in [1.54, 1.807) is 0 Å². The van der Waals surface area contributed by atoms with E-state index < -0.39 is 0 Å². The number of hydrogen-bond donors (Lipinski definition) is 0. The van der Waals surface area contributed by atoms with Gasteiger partial charge in [-0.25, -0.2) is 0 Å². The lowest BCUT2D eigenvalue weighted by Crippen LogP contribution is -2.25. The minimum Gasteiger partial charge on any atom is -0.0888 e. The Bertz CT molecular complexity index is 564. The lowest BCUT2D eigenvalue weighted by molar-refractivity contribution is 0.335. The van der Waals surface area contributed by atoms with Crippen LogP contribution in [0.15, 0.2) is 54.6 Å². The average Bonchev–Trinajstić information content (AvgIpc) is 2.52. The maximum Gasteiger partial charge on any atom is 0.0406 e. The predicted octanol–water partition coefficient (Wildman–Crippen LogP) is 6.23. The lowest BCUT2D eigenvalue weighted by atomic mass is 9.76. The smallest absolute Gasteiger partial charge is 0.0406 e. The first-order valence-electron chi connectivity index (χ1n) is 7.66. The summed E-state index contributed by atoms with van der Waals surface area (Å²) in [6, 6.07) is 19.3. The number of benzene rings is 2. The highest BCUT2D eigenvalue weighted by molar-refractivity contribution is 9.09. The molecule has 0 saturated heterocycles. The van der Waals surface area contributed by atoms with E-state index in [1.165, 1.54) is 30.4 Å². The third-order valence-corrected chi connectivity index (χ3v) is 6.03. The molecule has 1 aliphatic rings. The molecule has 2 heteroatoms. The molecule has 0 bridgehead atoms. The highest BCUT2D eigenvalue weighted by atomic mass is 79.9. The van der Waals surface area contributed by atoms with Gasteiger partial charge >= 0.3 is 0 Å². The molecule has 0 spiro atoms. The van der Waals surface area contributed by atoms with Crippen molar-refractivity contribution >= 4 is 27.5 Å². The maximum absolute atomic E-state index is 5.98. The van der Waals surface area contributed by atoms with Crippen LogP contribution in [0.3, 0.4) is 0 Å². The topological polar surface area (TPSA) is 0 Å². The van der Waals surface area contributed by atoms with Gasteiger partial charge in [-0.05, 0) is 60.8 Å². The van der Waals surface area contributed by atoms with Crippen molar-refractivity contribution in [1.29, 1.82) is 0 Å². The third-order valence-electron chi connectivity index (χ3n) is 4.57. The SMILES string of the molecule is Clc1ccc(CC2CC(c3ccccc3)CCC2Br)cc1. The van der Waals surface area contributed by atoms with Crippen LogP contribution in [0.25, 0.3) is 0 Å². The zero-order chi connectivity index (χ0) is 14.7. The Morgan fingerprint density at radius 2 is 1.67 bits per heavy atom. The minimum atomic E-state index is 0.633. The second-order valence-electron chi connectivity index (χ2n) is 6.03. The quantitative estimate of drug-likeness (QED) is 0.567. The zero-order valence-corrected chi connectivity index (χ0v) is 14.4. The summed E-state index contributed by atoms with van der Waals surface area (Å²) in [5.41, 5.74) is 2.89. The Morgan fingerprint density at radius 3 is 2.38 bits per heavy atom. The van der Waals surface area contributed by atoms with E-state index in [1.807, 2.05) is 12.1 Å².